The van der Waals surface area contributed by atoms with Gasteiger partial charge in [-0.15, -0.1) is 0 Å². The zero-order chi connectivity index (χ0) is 17.9. The molecule has 0 aromatic heterocycles. The molecule has 0 spiro atoms. The molecule has 0 fully saturated rings. The van der Waals surface area contributed by atoms with Gasteiger partial charge in [0.15, 0.2) is 0 Å². The Labute approximate surface area is 147 Å². The van der Waals surface area contributed by atoms with Gasteiger partial charge in [0.25, 0.3) is 0 Å². The summed E-state index contributed by atoms with van der Waals surface area (Å²) in [6.45, 7) is 19.8. The average Bonchev–Trinajstić information content (AvgIpc) is 2.40. The van der Waals surface area contributed by atoms with E-state index in [1.165, 1.54) is 57.8 Å². The second kappa shape index (κ2) is 11.5. The van der Waals surface area contributed by atoms with Gasteiger partial charge in [0.05, 0.1) is 6.17 Å². The van der Waals surface area contributed by atoms with Crippen molar-refractivity contribution in [2.24, 2.45) is 0 Å². The van der Waals surface area contributed by atoms with Gasteiger partial charge in [-0.1, -0.05) is 58.8 Å². The van der Waals surface area contributed by atoms with Gasteiger partial charge in [0.2, 0.25) is 0 Å². The molecule has 0 aromatic carbocycles. The molecule has 0 radical (unpaired) electrons. The van der Waals surface area contributed by atoms with E-state index in [1.54, 1.807) is 0 Å². The SMILES string of the molecule is CCCCCCCCCC(NCCC)N(C(C)(C)C)C(C)(C)C. The third-order valence-corrected chi connectivity index (χ3v) is 4.47. The summed E-state index contributed by atoms with van der Waals surface area (Å²) in [5, 5.41) is 3.82. The number of hydrogen-bond acceptors (Lipinski definition) is 2. The van der Waals surface area contributed by atoms with Crippen molar-refractivity contribution >= 4 is 0 Å². The van der Waals surface area contributed by atoms with Crippen LogP contribution in [-0.4, -0.2) is 28.7 Å². The molecule has 0 heterocycles. The topological polar surface area (TPSA) is 15.3 Å². The van der Waals surface area contributed by atoms with Crippen LogP contribution in [0.5, 0.6) is 0 Å². The Hall–Kier alpha value is -0.0800. The Bertz CT molecular complexity index is 259. The number of nitrogens with zero attached hydrogens (tertiary/aromatic N) is 1. The molecule has 0 aliphatic heterocycles. The standard InChI is InChI=1S/C21H46N2/c1-9-11-12-13-14-15-16-17-19(22-18-10-2)23(20(3,4)5)21(6,7)8/h19,22H,9-18H2,1-8H3. The van der Waals surface area contributed by atoms with Gasteiger partial charge in [0, 0.05) is 11.1 Å². The van der Waals surface area contributed by atoms with E-state index in [2.05, 4.69) is 65.6 Å². The molecule has 1 unspecified atom stereocenters. The summed E-state index contributed by atoms with van der Waals surface area (Å²) in [6.07, 6.45) is 12.7. The largest absolute Gasteiger partial charge is 0.302 e. The molecule has 23 heavy (non-hydrogen) atoms. The summed E-state index contributed by atoms with van der Waals surface area (Å²) in [6, 6.07) is 0. The van der Waals surface area contributed by atoms with Crippen LogP contribution >= 0.6 is 0 Å². The highest BCUT2D eigenvalue weighted by molar-refractivity contribution is 4.91. The maximum Gasteiger partial charge on any atom is 0.0606 e. The number of rotatable bonds is 12. The zero-order valence-corrected chi connectivity index (χ0v) is 17.6. The van der Waals surface area contributed by atoms with Crippen molar-refractivity contribution < 1.29 is 0 Å². The van der Waals surface area contributed by atoms with Crippen molar-refractivity contribution in [2.75, 3.05) is 6.54 Å². The quantitative estimate of drug-likeness (QED) is 0.332. The van der Waals surface area contributed by atoms with Crippen molar-refractivity contribution in [3.63, 3.8) is 0 Å². The monoisotopic (exact) mass is 326 g/mol. The van der Waals surface area contributed by atoms with Gasteiger partial charge >= 0.3 is 0 Å². The minimum Gasteiger partial charge on any atom is -0.302 e. The third kappa shape index (κ3) is 10.4. The molecule has 0 amide bonds. The number of hydrogen-bond donors (Lipinski definition) is 1. The van der Waals surface area contributed by atoms with Crippen molar-refractivity contribution in [3.8, 4) is 0 Å². The Kier molecular flexibility index (Phi) is 11.4. The first-order chi connectivity index (χ1) is 10.6. The van der Waals surface area contributed by atoms with Crippen LogP contribution in [0.2, 0.25) is 0 Å². The molecule has 0 aliphatic rings. The molecule has 0 saturated heterocycles. The highest BCUT2D eigenvalue weighted by Gasteiger charge is 2.36. The second-order valence-electron chi connectivity index (χ2n) is 9.09. The molecule has 2 nitrogen and oxygen atoms in total. The molecule has 1 N–H and O–H groups in total. The van der Waals surface area contributed by atoms with Gasteiger partial charge in [-0.05, 0) is 60.9 Å². The zero-order valence-electron chi connectivity index (χ0n) is 17.6. The van der Waals surface area contributed by atoms with Gasteiger partial charge < -0.3 is 5.32 Å². The second-order valence-corrected chi connectivity index (χ2v) is 9.09. The van der Waals surface area contributed by atoms with E-state index >= 15 is 0 Å². The van der Waals surface area contributed by atoms with Crippen molar-refractivity contribution in [2.45, 2.75) is 130 Å². The lowest BCUT2D eigenvalue weighted by atomic mass is 9.93. The van der Waals surface area contributed by atoms with Crippen LogP contribution in [0.25, 0.3) is 0 Å². The van der Waals surface area contributed by atoms with Gasteiger partial charge in [0.1, 0.15) is 0 Å². The summed E-state index contributed by atoms with van der Waals surface area (Å²) in [4.78, 5) is 2.69. The normalized spacial score (nSPS) is 14.5. The van der Waals surface area contributed by atoms with Crippen LogP contribution in [0.15, 0.2) is 0 Å². The first-order valence-corrected chi connectivity index (χ1v) is 10.2. The van der Waals surface area contributed by atoms with Crippen LogP contribution < -0.4 is 5.32 Å². The minimum atomic E-state index is 0.185. The van der Waals surface area contributed by atoms with Crippen molar-refractivity contribution in [1.29, 1.82) is 0 Å². The molecule has 2 heteroatoms. The molecular formula is C21H46N2. The van der Waals surface area contributed by atoms with Crippen LogP contribution in [0.3, 0.4) is 0 Å². The minimum absolute atomic E-state index is 0.185. The Morgan fingerprint density at radius 3 is 1.61 bits per heavy atom. The average molecular weight is 327 g/mol. The van der Waals surface area contributed by atoms with Gasteiger partial charge in [-0.3, -0.25) is 4.90 Å². The maximum absolute atomic E-state index is 3.82. The van der Waals surface area contributed by atoms with Gasteiger partial charge in [-0.25, -0.2) is 0 Å². The maximum atomic E-state index is 3.82. The summed E-state index contributed by atoms with van der Waals surface area (Å²) in [7, 11) is 0. The molecular weight excluding hydrogens is 280 g/mol. The lowest BCUT2D eigenvalue weighted by Gasteiger charge is -2.50. The van der Waals surface area contributed by atoms with Crippen LogP contribution in [-0.2, 0) is 0 Å². The van der Waals surface area contributed by atoms with E-state index in [-0.39, 0.29) is 11.1 Å². The first kappa shape index (κ1) is 22.9. The Morgan fingerprint density at radius 1 is 0.696 bits per heavy atom. The van der Waals surface area contributed by atoms with E-state index < -0.39 is 0 Å². The fraction of sp³-hybridized carbons (Fsp3) is 1.00. The van der Waals surface area contributed by atoms with Crippen LogP contribution in [0.4, 0.5) is 0 Å². The molecule has 0 bridgehead atoms. The number of unbranched alkanes of at least 4 members (excludes halogenated alkanes) is 6. The van der Waals surface area contributed by atoms with Crippen molar-refractivity contribution in [3.05, 3.63) is 0 Å². The summed E-state index contributed by atoms with van der Waals surface area (Å²) in [5.41, 5.74) is 0.371. The molecule has 1 atom stereocenters. The lowest BCUT2D eigenvalue weighted by Crippen LogP contribution is -2.61. The smallest absolute Gasteiger partial charge is 0.0606 e. The Balaban J connectivity index is 4.54. The van der Waals surface area contributed by atoms with E-state index in [0.717, 1.165) is 6.54 Å². The van der Waals surface area contributed by atoms with Gasteiger partial charge in [-0.2, -0.15) is 0 Å². The molecule has 0 saturated carbocycles. The molecule has 0 rings (SSSR count). The van der Waals surface area contributed by atoms with E-state index in [4.69, 9.17) is 0 Å². The molecule has 140 valence electrons. The highest BCUT2D eigenvalue weighted by Crippen LogP contribution is 2.29. The molecule has 0 aliphatic carbocycles. The summed E-state index contributed by atoms with van der Waals surface area (Å²) >= 11 is 0. The van der Waals surface area contributed by atoms with Crippen LogP contribution in [0, 0.1) is 0 Å². The highest BCUT2D eigenvalue weighted by atomic mass is 15.3. The number of nitrogens with one attached hydrogen (secondary N) is 1. The third-order valence-electron chi connectivity index (χ3n) is 4.47. The van der Waals surface area contributed by atoms with Crippen LogP contribution in [0.1, 0.15) is 113 Å². The first-order valence-electron chi connectivity index (χ1n) is 10.2. The van der Waals surface area contributed by atoms with E-state index in [0.29, 0.717) is 6.17 Å². The lowest BCUT2D eigenvalue weighted by molar-refractivity contribution is -0.0229. The fourth-order valence-corrected chi connectivity index (χ4v) is 3.87. The van der Waals surface area contributed by atoms with E-state index in [1.807, 2.05) is 0 Å². The van der Waals surface area contributed by atoms with E-state index in [9.17, 15) is 0 Å². The Morgan fingerprint density at radius 2 is 1.17 bits per heavy atom. The van der Waals surface area contributed by atoms with Crippen molar-refractivity contribution in [1.82, 2.24) is 10.2 Å². The summed E-state index contributed by atoms with van der Waals surface area (Å²) in [5.74, 6) is 0. The predicted molar refractivity (Wildman–Crippen MR) is 106 cm³/mol. The summed E-state index contributed by atoms with van der Waals surface area (Å²) < 4.78 is 0. The molecule has 0 aromatic rings. The fourth-order valence-electron chi connectivity index (χ4n) is 3.87. The predicted octanol–water partition coefficient (Wildman–Crippen LogP) is 6.35.